The summed E-state index contributed by atoms with van der Waals surface area (Å²) in [5, 5.41) is 27.5. The van der Waals surface area contributed by atoms with Crippen LogP contribution in [-0.4, -0.2) is 93.7 Å². The Hall–Kier alpha value is -4.78. The molecule has 0 spiro atoms. The van der Waals surface area contributed by atoms with Gasteiger partial charge in [0.2, 0.25) is 11.8 Å². The topological polar surface area (TPSA) is 157 Å². The van der Waals surface area contributed by atoms with Crippen LogP contribution in [0.4, 0.5) is 5.69 Å². The highest BCUT2D eigenvalue weighted by Crippen LogP contribution is 2.35. The van der Waals surface area contributed by atoms with E-state index in [0.717, 1.165) is 53.4 Å². The van der Waals surface area contributed by atoms with E-state index in [1.54, 1.807) is 18.3 Å². The maximum atomic E-state index is 13.5. The molecule has 0 saturated heterocycles. The van der Waals surface area contributed by atoms with Crippen LogP contribution in [0.2, 0.25) is 5.02 Å². The molecular weight excluding hydrogens is 708 g/mol. The summed E-state index contributed by atoms with van der Waals surface area (Å²) in [5.74, 6) is -2.59. The number of anilines is 1. The molecule has 1 unspecified atom stereocenters. The van der Waals surface area contributed by atoms with Crippen LogP contribution in [0.3, 0.4) is 0 Å². The lowest BCUT2D eigenvalue weighted by Crippen LogP contribution is -2.52. The summed E-state index contributed by atoms with van der Waals surface area (Å²) >= 11 is 6.41. The molecule has 12 nitrogen and oxygen atoms in total. The van der Waals surface area contributed by atoms with Crippen LogP contribution >= 0.6 is 11.6 Å². The van der Waals surface area contributed by atoms with Crippen molar-refractivity contribution in [2.24, 2.45) is 7.05 Å². The second-order valence-corrected chi connectivity index (χ2v) is 14.4. The molecule has 4 N–H and O–H groups in total. The molecule has 0 fully saturated rings. The average Bonchev–Trinajstić information content (AvgIpc) is 3.36. The van der Waals surface area contributed by atoms with E-state index < -0.39 is 36.5 Å². The van der Waals surface area contributed by atoms with Crippen LogP contribution in [0, 0.1) is 0 Å². The molecule has 3 heterocycles. The number of benzene rings is 2. The van der Waals surface area contributed by atoms with Gasteiger partial charge in [-0.2, -0.15) is 0 Å². The van der Waals surface area contributed by atoms with E-state index in [1.807, 2.05) is 54.5 Å². The number of likely N-dealkylation sites (N-methyl/N-ethyl adjacent to an activating group) is 1. The van der Waals surface area contributed by atoms with Crippen molar-refractivity contribution in [1.29, 1.82) is 0 Å². The van der Waals surface area contributed by atoms with E-state index in [-0.39, 0.29) is 12.3 Å². The summed E-state index contributed by atoms with van der Waals surface area (Å²) in [6, 6.07) is 15.3. The summed E-state index contributed by atoms with van der Waals surface area (Å²) in [7, 11) is 3.91. The number of amides is 2. The Morgan fingerprint density at radius 2 is 1.83 bits per heavy atom. The number of carboxylic acids is 2. The first-order valence-electron chi connectivity index (χ1n) is 18.8. The van der Waals surface area contributed by atoms with E-state index >= 15 is 0 Å². The lowest BCUT2D eigenvalue weighted by atomic mass is 10.00. The number of aryl methyl sites for hydroxylation is 3. The zero-order valence-corrected chi connectivity index (χ0v) is 31.9. The fourth-order valence-corrected chi connectivity index (χ4v) is 7.65. The number of hydrogen-bond acceptors (Lipinski definition) is 7. The number of nitrogens with one attached hydrogen (secondary N) is 2. The summed E-state index contributed by atoms with van der Waals surface area (Å²) in [5.41, 5.74) is 5.90. The SMILES string of the molecule is CNCCN(CCCC[C@H](NC1CCc2ccccc2N(CC(=O)O)C1=O)C(=O)O)C(=O)CCCCCc1c(-c2cccnc2)n(C)c2ccc(Cl)cc12. The van der Waals surface area contributed by atoms with Crippen molar-refractivity contribution in [1.82, 2.24) is 25.1 Å². The monoisotopic (exact) mass is 758 g/mol. The van der Waals surface area contributed by atoms with Crippen molar-refractivity contribution in [3.8, 4) is 11.3 Å². The van der Waals surface area contributed by atoms with E-state index in [0.29, 0.717) is 62.4 Å². The molecule has 1 aliphatic rings. The van der Waals surface area contributed by atoms with Gasteiger partial charge in [0.05, 0.1) is 11.7 Å². The van der Waals surface area contributed by atoms with Gasteiger partial charge in [-0.05, 0) is 106 Å². The molecule has 2 aromatic heterocycles. The van der Waals surface area contributed by atoms with Crippen molar-refractivity contribution in [3.05, 3.63) is 83.1 Å². The smallest absolute Gasteiger partial charge is 0.323 e. The van der Waals surface area contributed by atoms with Crippen molar-refractivity contribution in [2.45, 2.75) is 76.3 Å². The molecule has 0 aliphatic carbocycles. The number of aromatic nitrogens is 2. The first kappa shape index (κ1) is 40.4. The number of carbonyl (C=O) groups is 4. The quantitative estimate of drug-likeness (QED) is 0.0832. The Balaban J connectivity index is 1.12. The maximum absolute atomic E-state index is 13.5. The first-order chi connectivity index (χ1) is 26.1. The number of carboxylic acid groups (broad SMARTS) is 2. The Kier molecular flexibility index (Phi) is 14.6. The van der Waals surface area contributed by atoms with Crippen LogP contribution in [0.1, 0.15) is 62.5 Å². The molecule has 2 amide bonds. The average molecular weight is 759 g/mol. The normalized spacial score (nSPS) is 14.8. The number of hydrogen-bond donors (Lipinski definition) is 4. The van der Waals surface area contributed by atoms with Gasteiger partial charge in [0, 0.05) is 72.7 Å². The second-order valence-electron chi connectivity index (χ2n) is 13.9. The van der Waals surface area contributed by atoms with Gasteiger partial charge in [-0.25, -0.2) is 0 Å². The van der Waals surface area contributed by atoms with Gasteiger partial charge in [0.25, 0.3) is 0 Å². The molecule has 288 valence electrons. The molecule has 0 radical (unpaired) electrons. The van der Waals surface area contributed by atoms with Crippen LogP contribution in [-0.2, 0) is 39.1 Å². The molecule has 4 aromatic rings. The number of fused-ring (bicyclic) bond motifs is 2. The highest BCUT2D eigenvalue weighted by Gasteiger charge is 2.34. The second kappa shape index (κ2) is 19.5. The van der Waals surface area contributed by atoms with Crippen molar-refractivity contribution in [3.63, 3.8) is 0 Å². The number of halogens is 1. The highest BCUT2D eigenvalue weighted by atomic mass is 35.5. The van der Waals surface area contributed by atoms with Crippen LogP contribution in [0.25, 0.3) is 22.2 Å². The largest absolute Gasteiger partial charge is 0.480 e. The van der Waals surface area contributed by atoms with Crippen molar-refractivity contribution >= 4 is 51.9 Å². The molecule has 0 saturated carbocycles. The number of pyridine rings is 1. The molecule has 2 aromatic carbocycles. The van der Waals surface area contributed by atoms with Gasteiger partial charge in [-0.3, -0.25) is 34.4 Å². The number of nitrogens with zero attached hydrogens (tertiary/aromatic N) is 4. The van der Waals surface area contributed by atoms with Gasteiger partial charge < -0.3 is 25.0 Å². The zero-order chi connectivity index (χ0) is 38.6. The predicted octanol–water partition coefficient (Wildman–Crippen LogP) is 5.69. The molecule has 5 rings (SSSR count). The number of rotatable bonds is 20. The number of carbonyl (C=O) groups excluding carboxylic acids is 2. The lowest BCUT2D eigenvalue weighted by Gasteiger charge is -2.27. The molecule has 13 heteroatoms. The molecule has 0 bridgehead atoms. The lowest BCUT2D eigenvalue weighted by molar-refractivity contribution is -0.141. The summed E-state index contributed by atoms with van der Waals surface area (Å²) in [6.07, 6.45) is 9.74. The maximum Gasteiger partial charge on any atom is 0.323 e. The Labute approximate surface area is 321 Å². The predicted molar refractivity (Wildman–Crippen MR) is 211 cm³/mol. The molecular formula is C41H51ClN6O6. The van der Waals surface area contributed by atoms with Crippen molar-refractivity contribution in [2.75, 3.05) is 38.1 Å². The number of aliphatic carboxylic acids is 2. The fraction of sp³-hybridized carbons (Fsp3) is 0.439. The van der Waals surface area contributed by atoms with E-state index in [1.165, 1.54) is 10.5 Å². The van der Waals surface area contributed by atoms with Gasteiger partial charge >= 0.3 is 11.9 Å². The van der Waals surface area contributed by atoms with Gasteiger partial charge in [-0.1, -0.05) is 36.2 Å². The standard InChI is InChI=1S/C41H51ClN6O6/c1-43-22-24-47(23-9-8-14-34(41(53)54)45-33-19-17-28-11-6-7-15-35(28)48(40(33)52)27-38(50)51)37(49)16-5-3-4-13-31-32-25-30(42)18-20-36(32)46(2)39(31)29-12-10-21-44-26-29/h6-7,10-12,15,18,20-21,25-26,33-34,43,45H,3-5,8-9,13-14,16-17,19,22-24,27H2,1-2H3,(H,50,51)(H,53,54)/t33?,34-/m0/s1. The van der Waals surface area contributed by atoms with Crippen molar-refractivity contribution < 1.29 is 29.4 Å². The Morgan fingerprint density at radius 3 is 2.57 bits per heavy atom. The van der Waals surface area contributed by atoms with Gasteiger partial charge in [0.15, 0.2) is 0 Å². The fourth-order valence-electron chi connectivity index (χ4n) is 7.48. The third-order valence-corrected chi connectivity index (χ3v) is 10.5. The molecule has 1 aliphatic heterocycles. The minimum absolute atomic E-state index is 0.0771. The third-order valence-electron chi connectivity index (χ3n) is 10.2. The Bertz CT molecular complexity index is 1920. The summed E-state index contributed by atoms with van der Waals surface area (Å²) in [6.45, 7) is 1.19. The van der Waals surface area contributed by atoms with Crippen LogP contribution in [0.5, 0.6) is 0 Å². The Morgan fingerprint density at radius 1 is 1.02 bits per heavy atom. The third kappa shape index (κ3) is 10.2. The van der Waals surface area contributed by atoms with E-state index in [4.69, 9.17) is 11.6 Å². The summed E-state index contributed by atoms with van der Waals surface area (Å²) in [4.78, 5) is 58.2. The van der Waals surface area contributed by atoms with Crippen LogP contribution in [0.15, 0.2) is 67.0 Å². The van der Waals surface area contributed by atoms with E-state index in [9.17, 15) is 29.4 Å². The number of para-hydroxylation sites is 1. The van der Waals surface area contributed by atoms with Crippen LogP contribution < -0.4 is 15.5 Å². The number of unbranched alkanes of at least 4 members (excludes halogenated alkanes) is 3. The van der Waals surface area contributed by atoms with E-state index in [2.05, 4.69) is 33.3 Å². The molecule has 2 atom stereocenters. The minimum Gasteiger partial charge on any atom is -0.480 e. The molecule has 54 heavy (non-hydrogen) atoms. The highest BCUT2D eigenvalue weighted by molar-refractivity contribution is 6.31. The minimum atomic E-state index is -1.15. The summed E-state index contributed by atoms with van der Waals surface area (Å²) < 4.78 is 2.20. The zero-order valence-electron chi connectivity index (χ0n) is 31.1. The first-order valence-corrected chi connectivity index (χ1v) is 19.2. The van der Waals surface area contributed by atoms with Gasteiger partial charge in [0.1, 0.15) is 12.6 Å². The van der Waals surface area contributed by atoms with Gasteiger partial charge in [-0.15, -0.1) is 0 Å².